The number of halogens is 1. The molecule has 0 radical (unpaired) electrons. The molecule has 1 aromatic carbocycles. The molecule has 0 aliphatic carbocycles. The zero-order chi connectivity index (χ0) is 18.6. The van der Waals surface area contributed by atoms with Crippen molar-refractivity contribution in [2.24, 2.45) is 0 Å². The molecule has 0 heterocycles. The lowest BCUT2D eigenvalue weighted by Gasteiger charge is -2.42. The van der Waals surface area contributed by atoms with Crippen molar-refractivity contribution in [1.29, 1.82) is 0 Å². The van der Waals surface area contributed by atoms with E-state index >= 15 is 0 Å². The predicted molar refractivity (Wildman–Crippen MR) is 106 cm³/mol. The van der Waals surface area contributed by atoms with Gasteiger partial charge in [-0.25, -0.2) is 0 Å². The lowest BCUT2D eigenvalue weighted by atomic mass is 10.1. The van der Waals surface area contributed by atoms with E-state index in [1.165, 1.54) is 7.11 Å². The minimum Gasteiger partial charge on any atom is -0.469 e. The lowest BCUT2D eigenvalue weighted by molar-refractivity contribution is -0.140. The van der Waals surface area contributed by atoms with Gasteiger partial charge in [0.25, 0.3) is 0 Å². The standard InChI is InChI=1S/C17H30ClNO3SSi/c1-17(2,3)24(5,6)19-23(18,21)15(13-16(20)22-4)12-14-10-8-7-9-11-14/h7-11,15,23H,12-13H2,1-6H3,(H,19,21). The van der Waals surface area contributed by atoms with Gasteiger partial charge in [-0.1, -0.05) is 64.2 Å². The first-order chi connectivity index (χ1) is 10.9. The highest BCUT2D eigenvalue weighted by molar-refractivity contribution is 8.23. The van der Waals surface area contributed by atoms with E-state index in [2.05, 4.69) is 38.3 Å². The Morgan fingerprint density at radius 1 is 1.29 bits per heavy atom. The number of hydrogen-bond acceptors (Lipinski definition) is 3. The lowest BCUT2D eigenvalue weighted by Crippen LogP contribution is -2.58. The summed E-state index contributed by atoms with van der Waals surface area (Å²) in [4.78, 5) is 11.8. The van der Waals surface area contributed by atoms with Crippen LogP contribution < -0.4 is 4.39 Å². The van der Waals surface area contributed by atoms with E-state index in [9.17, 15) is 9.00 Å². The largest absolute Gasteiger partial charge is 0.469 e. The molecule has 0 aliphatic heterocycles. The van der Waals surface area contributed by atoms with Gasteiger partial charge >= 0.3 is 5.97 Å². The summed E-state index contributed by atoms with van der Waals surface area (Å²) in [6, 6.07) is 9.67. The first kappa shape index (κ1) is 21.3. The number of rotatable bonds is 7. The number of hydrogen-bond donors (Lipinski definition) is 2. The van der Waals surface area contributed by atoms with Crippen molar-refractivity contribution in [3.8, 4) is 0 Å². The SMILES string of the molecule is COC(=O)CC(Cc1ccccc1)[SH](=O)(Cl)N[Si](C)(C)C(C)(C)C. The number of methoxy groups -OCH3 is 1. The highest BCUT2D eigenvalue weighted by atomic mass is 35.7. The average Bonchev–Trinajstić information content (AvgIpc) is 2.45. The van der Waals surface area contributed by atoms with Crippen molar-refractivity contribution in [3.05, 3.63) is 35.9 Å². The zero-order valence-electron chi connectivity index (χ0n) is 15.4. The maximum atomic E-state index is 13.3. The summed E-state index contributed by atoms with van der Waals surface area (Å²) in [6.45, 7) is 10.6. The molecule has 24 heavy (non-hydrogen) atoms. The minimum atomic E-state index is -3.27. The van der Waals surface area contributed by atoms with Crippen LogP contribution in [0.4, 0.5) is 0 Å². The van der Waals surface area contributed by atoms with Crippen LogP contribution in [0.15, 0.2) is 30.3 Å². The molecule has 1 N–H and O–H groups in total. The van der Waals surface area contributed by atoms with Gasteiger partial charge in [0.2, 0.25) is 0 Å². The quantitative estimate of drug-likeness (QED) is 0.321. The Morgan fingerprint density at radius 2 is 1.83 bits per heavy atom. The molecule has 0 spiro atoms. The predicted octanol–water partition coefficient (Wildman–Crippen LogP) is 3.84. The van der Waals surface area contributed by atoms with E-state index in [0.717, 1.165) is 5.56 Å². The van der Waals surface area contributed by atoms with Crippen molar-refractivity contribution < 1.29 is 13.7 Å². The fourth-order valence-electron chi connectivity index (χ4n) is 2.11. The molecular formula is C17H30ClNO3SSi. The third kappa shape index (κ3) is 5.99. The molecule has 4 nitrogen and oxygen atoms in total. The van der Waals surface area contributed by atoms with E-state index in [4.69, 9.17) is 15.4 Å². The fourth-order valence-corrected chi connectivity index (χ4v) is 10.4. The van der Waals surface area contributed by atoms with Gasteiger partial charge in [0, 0.05) is 9.33 Å². The molecule has 0 saturated heterocycles. The van der Waals surface area contributed by atoms with Crippen LogP contribution in [0.5, 0.6) is 0 Å². The van der Waals surface area contributed by atoms with Crippen molar-refractivity contribution >= 4 is 34.2 Å². The molecule has 0 aliphatic rings. The molecule has 0 amide bonds. The van der Waals surface area contributed by atoms with Crippen LogP contribution in [0.2, 0.25) is 18.1 Å². The van der Waals surface area contributed by atoms with Gasteiger partial charge in [-0.15, -0.1) is 0 Å². The second-order valence-electron chi connectivity index (χ2n) is 7.69. The Hall–Kier alpha value is -0.693. The van der Waals surface area contributed by atoms with Gasteiger partial charge in [0.1, 0.15) is 8.24 Å². The molecule has 138 valence electrons. The highest BCUT2D eigenvalue weighted by Crippen LogP contribution is 2.37. The topological polar surface area (TPSA) is 55.4 Å². The molecule has 0 aromatic heterocycles. The number of nitrogens with one attached hydrogen (secondary N) is 1. The van der Waals surface area contributed by atoms with Gasteiger partial charge in [-0.05, 0) is 27.7 Å². The molecule has 0 fully saturated rings. The second kappa shape index (κ2) is 8.12. The van der Waals surface area contributed by atoms with Crippen molar-refractivity contribution in [1.82, 2.24) is 4.39 Å². The van der Waals surface area contributed by atoms with E-state index in [1.807, 2.05) is 30.3 Å². The van der Waals surface area contributed by atoms with E-state index < -0.39 is 28.8 Å². The van der Waals surface area contributed by atoms with Crippen molar-refractivity contribution in [2.75, 3.05) is 7.11 Å². The number of carbonyl (C=O) groups is 1. The van der Waals surface area contributed by atoms with E-state index in [0.29, 0.717) is 6.42 Å². The number of thiol groups is 1. The van der Waals surface area contributed by atoms with E-state index in [1.54, 1.807) is 0 Å². The van der Waals surface area contributed by atoms with Crippen molar-refractivity contribution in [3.63, 3.8) is 0 Å². The summed E-state index contributed by atoms with van der Waals surface area (Å²) in [5.41, 5.74) is 1.00. The van der Waals surface area contributed by atoms with Crippen LogP contribution in [0, 0.1) is 0 Å². The summed E-state index contributed by atoms with van der Waals surface area (Å²) in [5.74, 6) is -0.395. The van der Waals surface area contributed by atoms with Gasteiger partial charge in [-0.3, -0.25) is 13.4 Å². The number of benzene rings is 1. The minimum absolute atomic E-state index is 0.0138. The monoisotopic (exact) mass is 391 g/mol. The Bertz CT molecular complexity index is 602. The van der Waals surface area contributed by atoms with Crippen LogP contribution in [0.1, 0.15) is 32.8 Å². The zero-order valence-corrected chi connectivity index (χ0v) is 18.1. The third-order valence-electron chi connectivity index (χ3n) is 4.72. The maximum absolute atomic E-state index is 13.3. The molecule has 1 rings (SSSR count). The molecular weight excluding hydrogens is 362 g/mol. The molecule has 0 saturated carbocycles. The fraction of sp³-hybridized carbons (Fsp3) is 0.588. The number of esters is 1. The summed E-state index contributed by atoms with van der Waals surface area (Å²) in [5, 5.41) is -0.511. The van der Waals surface area contributed by atoms with Gasteiger partial charge < -0.3 is 4.74 Å². The van der Waals surface area contributed by atoms with Crippen LogP contribution in [0.3, 0.4) is 0 Å². The highest BCUT2D eigenvalue weighted by Gasteiger charge is 2.41. The summed E-state index contributed by atoms with van der Waals surface area (Å²) >= 11 is 0. The van der Waals surface area contributed by atoms with Crippen molar-refractivity contribution in [2.45, 2.75) is 57.0 Å². The van der Waals surface area contributed by atoms with Crippen LogP contribution in [0.25, 0.3) is 0 Å². The summed E-state index contributed by atoms with van der Waals surface area (Å²) in [7, 11) is 2.50. The average molecular weight is 392 g/mol. The van der Waals surface area contributed by atoms with Crippen LogP contribution in [-0.4, -0.2) is 30.8 Å². The van der Waals surface area contributed by atoms with Gasteiger partial charge in [-0.2, -0.15) is 0 Å². The van der Waals surface area contributed by atoms with Crippen LogP contribution >= 0.6 is 10.7 Å². The molecule has 7 heteroatoms. The Kier molecular flexibility index (Phi) is 7.23. The second-order valence-corrected chi connectivity index (χ2v) is 16.7. The Labute approximate surface area is 152 Å². The third-order valence-corrected chi connectivity index (χ3v) is 14.8. The molecule has 1 unspecified atom stereocenters. The normalized spacial score (nSPS) is 15.0. The Balaban J connectivity index is 3.07. The number of ether oxygens (including phenoxy) is 1. The first-order valence-corrected chi connectivity index (χ1v) is 13.8. The molecule has 1 atom stereocenters. The van der Waals surface area contributed by atoms with Crippen LogP contribution in [-0.2, 0) is 25.3 Å². The summed E-state index contributed by atoms with van der Waals surface area (Å²) < 4.78 is 21.4. The smallest absolute Gasteiger partial charge is 0.306 e. The number of carbonyl (C=O) groups excluding carboxylic acids is 1. The van der Waals surface area contributed by atoms with Gasteiger partial charge in [0.05, 0.1) is 18.8 Å². The Morgan fingerprint density at radius 3 is 2.29 bits per heavy atom. The molecule has 0 bridgehead atoms. The molecule has 1 aromatic rings. The van der Waals surface area contributed by atoms with Gasteiger partial charge in [0.15, 0.2) is 0 Å². The maximum Gasteiger partial charge on any atom is 0.306 e. The summed E-state index contributed by atoms with van der Waals surface area (Å²) in [6.07, 6.45) is 0.506. The van der Waals surface area contributed by atoms with E-state index in [-0.39, 0.29) is 11.5 Å². The first-order valence-electron chi connectivity index (χ1n) is 8.08.